The second-order valence-corrected chi connectivity index (χ2v) is 4.75. The third kappa shape index (κ3) is 2.68. The number of fused-ring (bicyclic) bond motifs is 1. The van der Waals surface area contributed by atoms with E-state index in [1.807, 2.05) is 0 Å². The summed E-state index contributed by atoms with van der Waals surface area (Å²) in [5.74, 6) is -0.632. The molecule has 0 saturated heterocycles. The quantitative estimate of drug-likeness (QED) is 0.776. The van der Waals surface area contributed by atoms with Crippen molar-refractivity contribution >= 4 is 16.8 Å². The first-order valence-corrected chi connectivity index (χ1v) is 6.68. The fourth-order valence-corrected chi connectivity index (χ4v) is 2.26. The molecule has 22 heavy (non-hydrogen) atoms. The maximum Gasteiger partial charge on any atom is 0.254 e. The van der Waals surface area contributed by atoms with Gasteiger partial charge in [-0.05, 0) is 30.3 Å². The van der Waals surface area contributed by atoms with Crippen LogP contribution in [0.15, 0.2) is 53.3 Å². The molecule has 3 aromatic rings. The Morgan fingerprint density at radius 1 is 1.36 bits per heavy atom. The maximum atomic E-state index is 13.7. The number of halogens is 1. The smallest absolute Gasteiger partial charge is 0.254 e. The molecule has 3 rings (SSSR count). The van der Waals surface area contributed by atoms with Gasteiger partial charge in [-0.3, -0.25) is 9.78 Å². The Kier molecular flexibility index (Phi) is 3.84. The summed E-state index contributed by atoms with van der Waals surface area (Å²) in [6.45, 7) is -0.333. The minimum absolute atomic E-state index is 0.112. The molecule has 2 aromatic heterocycles. The van der Waals surface area contributed by atoms with Crippen LogP contribution in [0.2, 0.25) is 0 Å². The normalized spacial score (nSPS) is 12.3. The van der Waals surface area contributed by atoms with E-state index < -0.39 is 17.8 Å². The van der Waals surface area contributed by atoms with Crippen molar-refractivity contribution in [2.24, 2.45) is 0 Å². The number of hydrogen-bond donors (Lipinski definition) is 2. The van der Waals surface area contributed by atoms with Gasteiger partial charge in [0, 0.05) is 11.6 Å². The van der Waals surface area contributed by atoms with E-state index in [-0.39, 0.29) is 12.2 Å². The molecule has 0 aliphatic heterocycles. The van der Waals surface area contributed by atoms with E-state index in [1.165, 1.54) is 18.5 Å². The van der Waals surface area contributed by atoms with Crippen LogP contribution in [0.4, 0.5) is 4.39 Å². The van der Waals surface area contributed by atoms with Crippen molar-refractivity contribution in [3.8, 4) is 0 Å². The van der Waals surface area contributed by atoms with Crippen LogP contribution in [0.25, 0.3) is 10.9 Å². The van der Waals surface area contributed by atoms with Crippen LogP contribution in [0.5, 0.6) is 0 Å². The number of carbonyl (C=O) groups excluding carboxylic acids is 1. The highest BCUT2D eigenvalue weighted by atomic mass is 19.1. The van der Waals surface area contributed by atoms with Crippen LogP contribution < -0.4 is 5.32 Å². The summed E-state index contributed by atoms with van der Waals surface area (Å²) in [4.78, 5) is 16.5. The number of nitrogens with zero attached hydrogens (tertiary/aromatic N) is 1. The Hall–Kier alpha value is -2.73. The van der Waals surface area contributed by atoms with Gasteiger partial charge in [0.15, 0.2) is 0 Å². The molecule has 1 unspecified atom stereocenters. The SMILES string of the molecule is O=C(NC(CO)c1ccco1)c1cc(F)cc2cccnc12. The number of pyridine rings is 1. The van der Waals surface area contributed by atoms with Crippen LogP contribution in [0, 0.1) is 5.82 Å². The predicted octanol–water partition coefficient (Wildman–Crippen LogP) is 2.43. The van der Waals surface area contributed by atoms with Gasteiger partial charge in [0.05, 0.1) is 24.0 Å². The first-order chi connectivity index (χ1) is 10.7. The van der Waals surface area contributed by atoms with E-state index in [9.17, 15) is 14.3 Å². The Balaban J connectivity index is 1.95. The molecule has 0 bridgehead atoms. The van der Waals surface area contributed by atoms with Gasteiger partial charge >= 0.3 is 0 Å². The minimum atomic E-state index is -0.704. The largest absolute Gasteiger partial charge is 0.467 e. The fraction of sp³-hybridized carbons (Fsp3) is 0.125. The minimum Gasteiger partial charge on any atom is -0.467 e. The molecule has 0 spiro atoms. The van der Waals surface area contributed by atoms with Gasteiger partial charge in [0.25, 0.3) is 5.91 Å². The fourth-order valence-electron chi connectivity index (χ4n) is 2.26. The zero-order chi connectivity index (χ0) is 15.5. The second-order valence-electron chi connectivity index (χ2n) is 4.75. The molecule has 6 heteroatoms. The zero-order valence-corrected chi connectivity index (χ0v) is 11.5. The lowest BCUT2D eigenvalue weighted by Gasteiger charge is -2.14. The molecular formula is C16H13FN2O3. The van der Waals surface area contributed by atoms with Crippen LogP contribution in [0.1, 0.15) is 22.2 Å². The highest BCUT2D eigenvalue weighted by molar-refractivity contribution is 6.05. The summed E-state index contributed by atoms with van der Waals surface area (Å²) in [5, 5.41) is 12.5. The standard InChI is InChI=1S/C16H13FN2O3/c17-11-7-10-3-1-5-18-15(10)12(8-11)16(21)19-13(9-20)14-4-2-6-22-14/h1-8,13,20H,9H2,(H,19,21). The van der Waals surface area contributed by atoms with Gasteiger partial charge in [-0.1, -0.05) is 6.07 Å². The Morgan fingerprint density at radius 2 is 2.23 bits per heavy atom. The molecule has 112 valence electrons. The summed E-state index contributed by atoms with van der Waals surface area (Å²) in [6.07, 6.45) is 2.98. The lowest BCUT2D eigenvalue weighted by molar-refractivity contribution is 0.0908. The number of aliphatic hydroxyl groups excluding tert-OH is 1. The number of furan rings is 1. The summed E-state index contributed by atoms with van der Waals surface area (Å²) >= 11 is 0. The molecule has 2 N–H and O–H groups in total. The van der Waals surface area contributed by atoms with E-state index in [2.05, 4.69) is 10.3 Å². The molecule has 0 aliphatic carbocycles. The zero-order valence-electron chi connectivity index (χ0n) is 11.5. The van der Waals surface area contributed by atoms with Gasteiger partial charge in [-0.15, -0.1) is 0 Å². The van der Waals surface area contributed by atoms with Gasteiger partial charge in [0.1, 0.15) is 17.6 Å². The molecule has 0 saturated carbocycles. The van der Waals surface area contributed by atoms with Crippen molar-refractivity contribution in [2.75, 3.05) is 6.61 Å². The molecular weight excluding hydrogens is 287 g/mol. The number of carbonyl (C=O) groups is 1. The molecule has 0 fully saturated rings. The topological polar surface area (TPSA) is 75.4 Å². The van der Waals surface area contributed by atoms with Crippen molar-refractivity contribution in [3.63, 3.8) is 0 Å². The Morgan fingerprint density at radius 3 is 2.95 bits per heavy atom. The maximum absolute atomic E-state index is 13.7. The average molecular weight is 300 g/mol. The van der Waals surface area contributed by atoms with Crippen LogP contribution in [-0.2, 0) is 0 Å². The molecule has 2 heterocycles. The van der Waals surface area contributed by atoms with Crippen molar-refractivity contribution in [2.45, 2.75) is 6.04 Å². The molecule has 1 atom stereocenters. The monoisotopic (exact) mass is 300 g/mol. The van der Waals surface area contributed by atoms with Crippen LogP contribution in [-0.4, -0.2) is 22.6 Å². The summed E-state index contributed by atoms with van der Waals surface area (Å²) in [6, 6.07) is 8.38. The lowest BCUT2D eigenvalue weighted by Crippen LogP contribution is -2.30. The summed E-state index contributed by atoms with van der Waals surface area (Å²) in [7, 11) is 0. The van der Waals surface area contributed by atoms with E-state index in [4.69, 9.17) is 4.42 Å². The van der Waals surface area contributed by atoms with E-state index in [0.717, 1.165) is 6.07 Å². The summed E-state index contributed by atoms with van der Waals surface area (Å²) in [5.41, 5.74) is 0.512. The van der Waals surface area contributed by atoms with E-state index in [1.54, 1.807) is 24.3 Å². The number of amides is 1. The summed E-state index contributed by atoms with van der Waals surface area (Å²) < 4.78 is 18.8. The van der Waals surface area contributed by atoms with Crippen molar-refractivity contribution in [1.29, 1.82) is 0 Å². The molecule has 1 amide bonds. The highest BCUT2D eigenvalue weighted by Crippen LogP contribution is 2.20. The first-order valence-electron chi connectivity index (χ1n) is 6.68. The van der Waals surface area contributed by atoms with Gasteiger partial charge in [-0.2, -0.15) is 0 Å². The molecule has 0 aliphatic rings. The number of aliphatic hydroxyl groups is 1. The van der Waals surface area contributed by atoms with Crippen molar-refractivity contribution < 1.29 is 18.7 Å². The predicted molar refractivity (Wildman–Crippen MR) is 77.7 cm³/mol. The van der Waals surface area contributed by atoms with E-state index >= 15 is 0 Å². The third-order valence-corrected chi connectivity index (χ3v) is 3.29. The van der Waals surface area contributed by atoms with Crippen molar-refractivity contribution in [1.82, 2.24) is 10.3 Å². The number of aromatic nitrogens is 1. The highest BCUT2D eigenvalue weighted by Gasteiger charge is 2.19. The van der Waals surface area contributed by atoms with Gasteiger partial charge in [-0.25, -0.2) is 4.39 Å². The van der Waals surface area contributed by atoms with Crippen LogP contribution in [0.3, 0.4) is 0 Å². The number of rotatable bonds is 4. The third-order valence-electron chi connectivity index (χ3n) is 3.29. The number of benzene rings is 1. The average Bonchev–Trinajstić information content (AvgIpc) is 3.05. The first kappa shape index (κ1) is 14.2. The molecule has 1 aromatic carbocycles. The van der Waals surface area contributed by atoms with Gasteiger partial charge < -0.3 is 14.8 Å². The Bertz CT molecular complexity index is 802. The van der Waals surface area contributed by atoms with Crippen molar-refractivity contribution in [3.05, 3.63) is 66.0 Å². The van der Waals surface area contributed by atoms with Crippen LogP contribution >= 0.6 is 0 Å². The van der Waals surface area contributed by atoms with E-state index in [0.29, 0.717) is 16.7 Å². The molecule has 5 nitrogen and oxygen atoms in total. The number of nitrogens with one attached hydrogen (secondary N) is 1. The number of hydrogen-bond acceptors (Lipinski definition) is 4. The second kappa shape index (κ2) is 5.95. The molecule has 0 radical (unpaired) electrons. The van der Waals surface area contributed by atoms with Gasteiger partial charge in [0.2, 0.25) is 0 Å². The lowest BCUT2D eigenvalue weighted by atomic mass is 10.1. The Labute approximate surface area is 125 Å².